The molecule has 0 bridgehead atoms. The van der Waals surface area contributed by atoms with Crippen LogP contribution in [-0.2, 0) is 10.3 Å². The zero-order valence-electron chi connectivity index (χ0n) is 10.6. The molecule has 0 spiro atoms. The van der Waals surface area contributed by atoms with Gasteiger partial charge in [-0.05, 0) is 25.2 Å². The van der Waals surface area contributed by atoms with Crippen molar-refractivity contribution in [3.05, 3.63) is 12.7 Å². The Morgan fingerprint density at radius 1 is 1.53 bits per heavy atom. The number of nitrogens with two attached hydrogens (primary N) is 1. The van der Waals surface area contributed by atoms with Crippen molar-refractivity contribution in [3.63, 3.8) is 0 Å². The molecule has 0 aromatic carbocycles. The van der Waals surface area contributed by atoms with Crippen LogP contribution in [0.3, 0.4) is 0 Å². The van der Waals surface area contributed by atoms with E-state index in [1.54, 1.807) is 4.57 Å². The van der Waals surface area contributed by atoms with Crippen molar-refractivity contribution >= 4 is 23.0 Å². The van der Waals surface area contributed by atoms with E-state index < -0.39 is 11.5 Å². The molecule has 19 heavy (non-hydrogen) atoms. The number of fused-ring (bicyclic) bond motifs is 1. The Bertz CT molecular complexity index is 653. The van der Waals surface area contributed by atoms with Gasteiger partial charge in [-0.2, -0.15) is 0 Å². The summed E-state index contributed by atoms with van der Waals surface area (Å²) in [5.41, 5.74) is 5.73. The average molecular weight is 261 g/mol. The number of hydrogen-bond donors (Lipinski definition) is 2. The number of carbonyl (C=O) groups is 1. The number of hydrogen-bond acceptors (Lipinski definition) is 5. The molecule has 100 valence electrons. The number of carboxylic acids is 1. The van der Waals surface area contributed by atoms with Gasteiger partial charge in [0.2, 0.25) is 0 Å². The lowest BCUT2D eigenvalue weighted by molar-refractivity contribution is -0.147. The summed E-state index contributed by atoms with van der Waals surface area (Å²) in [6, 6.07) is 0. The smallest absolute Gasteiger partial charge is 0.330 e. The summed E-state index contributed by atoms with van der Waals surface area (Å²) in [6.45, 7) is 2.06. The molecular weight excluding hydrogens is 246 g/mol. The van der Waals surface area contributed by atoms with Crippen molar-refractivity contribution < 1.29 is 9.90 Å². The van der Waals surface area contributed by atoms with Crippen LogP contribution in [0, 0.1) is 5.92 Å². The van der Waals surface area contributed by atoms with Crippen molar-refractivity contribution in [1.29, 1.82) is 0 Å². The van der Waals surface area contributed by atoms with Gasteiger partial charge in [-0.3, -0.25) is 4.57 Å². The standard InChI is InChI=1S/C12H15N5O2/c1-7-2-3-12(4-7,11(18)19)17-6-16-8-9(13)14-5-15-10(8)17/h5-7H,2-4H2,1H3,(H,18,19)(H2,13,14,15)/t7-,12+/m0/s1. The Kier molecular flexibility index (Phi) is 2.44. The lowest BCUT2D eigenvalue weighted by atomic mass is 9.96. The molecule has 2 aromatic heterocycles. The number of aliphatic carboxylic acids is 1. The normalized spacial score (nSPS) is 26.9. The second-order valence-electron chi connectivity index (χ2n) is 5.23. The molecular formula is C12H15N5O2. The zero-order valence-corrected chi connectivity index (χ0v) is 10.6. The largest absolute Gasteiger partial charge is 0.479 e. The van der Waals surface area contributed by atoms with Crippen LogP contribution in [0.5, 0.6) is 0 Å². The van der Waals surface area contributed by atoms with E-state index in [1.165, 1.54) is 12.7 Å². The van der Waals surface area contributed by atoms with Gasteiger partial charge in [-0.1, -0.05) is 6.92 Å². The summed E-state index contributed by atoms with van der Waals surface area (Å²) in [5.74, 6) is -0.198. The number of imidazole rings is 1. The number of anilines is 1. The van der Waals surface area contributed by atoms with Gasteiger partial charge < -0.3 is 10.8 Å². The third-order valence-corrected chi connectivity index (χ3v) is 3.96. The minimum absolute atomic E-state index is 0.273. The molecule has 1 fully saturated rings. The highest BCUT2D eigenvalue weighted by Crippen LogP contribution is 2.41. The Morgan fingerprint density at radius 3 is 2.95 bits per heavy atom. The van der Waals surface area contributed by atoms with Crippen molar-refractivity contribution in [2.24, 2.45) is 5.92 Å². The summed E-state index contributed by atoms with van der Waals surface area (Å²) in [4.78, 5) is 24.0. The summed E-state index contributed by atoms with van der Waals surface area (Å²) in [6.07, 6.45) is 4.90. The monoisotopic (exact) mass is 261 g/mol. The lowest BCUT2D eigenvalue weighted by Gasteiger charge is -2.26. The van der Waals surface area contributed by atoms with Crippen molar-refractivity contribution in [1.82, 2.24) is 19.5 Å². The van der Waals surface area contributed by atoms with E-state index in [9.17, 15) is 9.90 Å². The molecule has 3 N–H and O–H groups in total. The number of nitrogens with zero attached hydrogens (tertiary/aromatic N) is 4. The molecule has 0 unspecified atom stereocenters. The first-order valence-electron chi connectivity index (χ1n) is 6.22. The Hall–Kier alpha value is -2.18. The molecule has 1 aliphatic carbocycles. The molecule has 0 aliphatic heterocycles. The van der Waals surface area contributed by atoms with Gasteiger partial charge in [0.1, 0.15) is 17.4 Å². The molecule has 0 radical (unpaired) electrons. The quantitative estimate of drug-likeness (QED) is 0.835. The summed E-state index contributed by atoms with van der Waals surface area (Å²) in [5, 5.41) is 9.66. The van der Waals surface area contributed by atoms with Crippen molar-refractivity contribution in [3.8, 4) is 0 Å². The highest BCUT2D eigenvalue weighted by atomic mass is 16.4. The maximum Gasteiger partial charge on any atom is 0.330 e. The number of rotatable bonds is 2. The van der Waals surface area contributed by atoms with E-state index in [0.717, 1.165) is 6.42 Å². The first kappa shape index (κ1) is 11.9. The molecule has 0 saturated heterocycles. The van der Waals surface area contributed by atoms with Gasteiger partial charge in [0.25, 0.3) is 0 Å². The van der Waals surface area contributed by atoms with Crippen LogP contribution in [-0.4, -0.2) is 30.6 Å². The van der Waals surface area contributed by atoms with Gasteiger partial charge >= 0.3 is 5.97 Å². The minimum atomic E-state index is -0.963. The van der Waals surface area contributed by atoms with Crippen LogP contribution in [0.25, 0.3) is 11.2 Å². The summed E-state index contributed by atoms with van der Waals surface area (Å²) in [7, 11) is 0. The van der Waals surface area contributed by atoms with E-state index in [4.69, 9.17) is 5.73 Å². The summed E-state index contributed by atoms with van der Waals surface area (Å²) >= 11 is 0. The average Bonchev–Trinajstić information content (AvgIpc) is 2.94. The predicted octanol–water partition coefficient (Wildman–Crippen LogP) is 1.01. The second kappa shape index (κ2) is 3.91. The van der Waals surface area contributed by atoms with Crippen LogP contribution in [0.15, 0.2) is 12.7 Å². The van der Waals surface area contributed by atoms with Crippen molar-refractivity contribution in [2.45, 2.75) is 31.7 Å². The predicted molar refractivity (Wildman–Crippen MR) is 68.4 cm³/mol. The van der Waals surface area contributed by atoms with E-state index >= 15 is 0 Å². The minimum Gasteiger partial charge on any atom is -0.479 e. The Balaban J connectivity index is 2.22. The molecule has 2 atom stereocenters. The third kappa shape index (κ3) is 1.57. The van der Waals surface area contributed by atoms with Crippen LogP contribution in [0.2, 0.25) is 0 Å². The van der Waals surface area contributed by atoms with E-state index in [1.807, 2.05) is 0 Å². The van der Waals surface area contributed by atoms with E-state index in [-0.39, 0.29) is 5.82 Å². The highest BCUT2D eigenvalue weighted by Gasteiger charge is 2.46. The lowest BCUT2D eigenvalue weighted by Crippen LogP contribution is -2.39. The van der Waals surface area contributed by atoms with Gasteiger partial charge in [-0.15, -0.1) is 0 Å². The Morgan fingerprint density at radius 2 is 2.32 bits per heavy atom. The molecule has 2 heterocycles. The molecule has 7 heteroatoms. The van der Waals surface area contributed by atoms with Gasteiger partial charge in [0.15, 0.2) is 11.5 Å². The van der Waals surface area contributed by atoms with Gasteiger partial charge in [0, 0.05) is 0 Å². The fourth-order valence-corrected chi connectivity index (χ4v) is 2.95. The summed E-state index contributed by atoms with van der Waals surface area (Å²) < 4.78 is 1.65. The topological polar surface area (TPSA) is 107 Å². The maximum atomic E-state index is 11.8. The number of carboxylic acid groups (broad SMARTS) is 1. The van der Waals surface area contributed by atoms with Crippen LogP contribution in [0.4, 0.5) is 5.82 Å². The molecule has 1 saturated carbocycles. The molecule has 3 rings (SSSR count). The van der Waals surface area contributed by atoms with Gasteiger partial charge in [-0.25, -0.2) is 19.7 Å². The SMILES string of the molecule is C[C@H]1CC[C@@](C(=O)O)(n2cnc3c(N)ncnc32)C1. The molecule has 0 amide bonds. The third-order valence-electron chi connectivity index (χ3n) is 3.96. The van der Waals surface area contributed by atoms with Crippen LogP contribution in [0.1, 0.15) is 26.2 Å². The number of aromatic nitrogens is 4. The first-order chi connectivity index (χ1) is 9.04. The van der Waals surface area contributed by atoms with Crippen LogP contribution < -0.4 is 5.73 Å². The fraction of sp³-hybridized carbons (Fsp3) is 0.500. The maximum absolute atomic E-state index is 11.8. The Labute approximate surface area is 109 Å². The number of nitrogen functional groups attached to an aromatic ring is 1. The van der Waals surface area contributed by atoms with E-state index in [2.05, 4.69) is 21.9 Å². The van der Waals surface area contributed by atoms with E-state index in [0.29, 0.717) is 29.9 Å². The first-order valence-corrected chi connectivity index (χ1v) is 6.22. The highest BCUT2D eigenvalue weighted by molar-refractivity contribution is 5.85. The molecule has 2 aromatic rings. The van der Waals surface area contributed by atoms with Crippen molar-refractivity contribution in [2.75, 3.05) is 5.73 Å². The molecule has 1 aliphatic rings. The van der Waals surface area contributed by atoms with Crippen LogP contribution >= 0.6 is 0 Å². The molecule has 7 nitrogen and oxygen atoms in total. The fourth-order valence-electron chi connectivity index (χ4n) is 2.95. The van der Waals surface area contributed by atoms with Gasteiger partial charge in [0.05, 0.1) is 6.33 Å². The zero-order chi connectivity index (χ0) is 13.6. The second-order valence-corrected chi connectivity index (χ2v) is 5.23.